The summed E-state index contributed by atoms with van der Waals surface area (Å²) in [5.41, 5.74) is 1.05. The van der Waals surface area contributed by atoms with Crippen LogP contribution in [0.4, 0.5) is 0 Å². The molecular weight excluding hydrogens is 378 g/mol. The maximum Gasteiger partial charge on any atom is 0.337 e. The van der Waals surface area contributed by atoms with Gasteiger partial charge in [0.2, 0.25) is 0 Å². The summed E-state index contributed by atoms with van der Waals surface area (Å²) in [5.74, 6) is -1.70. The Balaban J connectivity index is 2.06. The first-order valence-corrected chi connectivity index (χ1v) is 8.60. The molecule has 1 heterocycles. The van der Waals surface area contributed by atoms with Crippen LogP contribution in [0.2, 0.25) is 0 Å². The van der Waals surface area contributed by atoms with Crippen LogP contribution in [0.5, 0.6) is 11.5 Å². The van der Waals surface area contributed by atoms with Crippen molar-refractivity contribution in [2.75, 3.05) is 21.3 Å². The third kappa shape index (κ3) is 3.64. The summed E-state index contributed by atoms with van der Waals surface area (Å²) in [6.45, 7) is 0. The second-order valence-electron chi connectivity index (χ2n) is 6.18. The standard InChI is InChI=1S/C21H19NO7/c1-27-14-9-8-13(10-15(14)28-2)18(23)16-17(22-20(25)19(16)24)11-4-6-12(7-5-11)21(26)29-3/h4-10,17,23H,1-3H3,(H,22,25). The number of carbonyl (C=O) groups excluding carboxylic acids is 3. The Bertz CT molecular complexity index is 1010. The predicted octanol–water partition coefficient (Wildman–Crippen LogP) is 2.20. The van der Waals surface area contributed by atoms with Gasteiger partial charge in [0.25, 0.3) is 11.7 Å². The van der Waals surface area contributed by atoms with Crippen molar-refractivity contribution in [3.63, 3.8) is 0 Å². The van der Waals surface area contributed by atoms with Crippen LogP contribution < -0.4 is 14.8 Å². The molecule has 0 aromatic heterocycles. The van der Waals surface area contributed by atoms with Crippen molar-refractivity contribution in [1.29, 1.82) is 0 Å². The summed E-state index contributed by atoms with van der Waals surface area (Å²) in [6.07, 6.45) is 0. The summed E-state index contributed by atoms with van der Waals surface area (Å²) in [5, 5.41) is 13.4. The molecule has 1 unspecified atom stereocenters. The fourth-order valence-electron chi connectivity index (χ4n) is 3.09. The lowest BCUT2D eigenvalue weighted by atomic mass is 9.95. The number of aliphatic hydroxyl groups is 1. The first-order valence-electron chi connectivity index (χ1n) is 8.60. The van der Waals surface area contributed by atoms with Crippen LogP contribution in [0.25, 0.3) is 5.76 Å². The van der Waals surface area contributed by atoms with Gasteiger partial charge < -0.3 is 24.6 Å². The number of Topliss-reactive ketones (excluding diaryl/α,β-unsaturated/α-hetero) is 1. The van der Waals surface area contributed by atoms with Crippen LogP contribution in [-0.2, 0) is 14.3 Å². The highest BCUT2D eigenvalue weighted by Crippen LogP contribution is 2.36. The van der Waals surface area contributed by atoms with Crippen molar-refractivity contribution >= 4 is 23.4 Å². The number of hydrogen-bond acceptors (Lipinski definition) is 7. The maximum absolute atomic E-state index is 12.4. The third-order valence-electron chi connectivity index (χ3n) is 4.59. The molecule has 1 atom stereocenters. The lowest BCUT2D eigenvalue weighted by Crippen LogP contribution is -2.21. The van der Waals surface area contributed by atoms with Crippen molar-refractivity contribution in [1.82, 2.24) is 5.32 Å². The van der Waals surface area contributed by atoms with E-state index in [9.17, 15) is 19.5 Å². The van der Waals surface area contributed by atoms with E-state index in [0.29, 0.717) is 28.2 Å². The number of benzene rings is 2. The first-order chi connectivity index (χ1) is 13.9. The Labute approximate surface area is 166 Å². The van der Waals surface area contributed by atoms with Gasteiger partial charge in [0, 0.05) is 5.56 Å². The molecular formula is C21H19NO7. The second kappa shape index (κ2) is 8.05. The molecule has 150 valence electrons. The topological polar surface area (TPSA) is 111 Å². The smallest absolute Gasteiger partial charge is 0.337 e. The number of carbonyl (C=O) groups is 3. The van der Waals surface area contributed by atoms with Crippen molar-refractivity contribution in [3.8, 4) is 11.5 Å². The Morgan fingerprint density at radius 3 is 2.14 bits per heavy atom. The lowest BCUT2D eigenvalue weighted by Gasteiger charge is -2.15. The Hall–Kier alpha value is -3.81. The Kier molecular flexibility index (Phi) is 5.54. The van der Waals surface area contributed by atoms with Crippen LogP contribution >= 0.6 is 0 Å². The second-order valence-corrected chi connectivity index (χ2v) is 6.18. The summed E-state index contributed by atoms with van der Waals surface area (Å²) >= 11 is 0. The number of amides is 1. The minimum Gasteiger partial charge on any atom is -0.507 e. The van der Waals surface area contributed by atoms with E-state index in [1.165, 1.54) is 39.5 Å². The van der Waals surface area contributed by atoms with Crippen LogP contribution in [0.15, 0.2) is 48.0 Å². The van der Waals surface area contributed by atoms with Gasteiger partial charge in [-0.1, -0.05) is 12.1 Å². The van der Waals surface area contributed by atoms with Crippen LogP contribution in [0.1, 0.15) is 27.5 Å². The van der Waals surface area contributed by atoms with Gasteiger partial charge in [-0.2, -0.15) is 0 Å². The van der Waals surface area contributed by atoms with Gasteiger partial charge in [0.1, 0.15) is 5.76 Å². The van der Waals surface area contributed by atoms with Gasteiger partial charge >= 0.3 is 5.97 Å². The number of esters is 1. The monoisotopic (exact) mass is 397 g/mol. The zero-order valence-corrected chi connectivity index (χ0v) is 16.0. The number of rotatable bonds is 5. The fourth-order valence-corrected chi connectivity index (χ4v) is 3.09. The normalized spacial score (nSPS) is 17.6. The number of ketones is 1. The van der Waals surface area contributed by atoms with E-state index in [2.05, 4.69) is 10.1 Å². The number of aliphatic hydroxyl groups excluding tert-OH is 1. The van der Waals surface area contributed by atoms with E-state index in [0.717, 1.165) is 0 Å². The summed E-state index contributed by atoms with van der Waals surface area (Å²) in [7, 11) is 4.20. The predicted molar refractivity (Wildman–Crippen MR) is 103 cm³/mol. The van der Waals surface area contributed by atoms with E-state index in [4.69, 9.17) is 9.47 Å². The molecule has 2 aromatic carbocycles. The summed E-state index contributed by atoms with van der Waals surface area (Å²) < 4.78 is 15.1. The SMILES string of the molecule is COC(=O)c1ccc(C2NC(=O)C(=O)C2=C(O)c2ccc(OC)c(OC)c2)cc1. The van der Waals surface area contributed by atoms with Gasteiger partial charge in [-0.05, 0) is 35.9 Å². The fraction of sp³-hybridized carbons (Fsp3) is 0.190. The highest BCUT2D eigenvalue weighted by atomic mass is 16.5. The molecule has 0 aliphatic carbocycles. The molecule has 1 amide bonds. The number of methoxy groups -OCH3 is 3. The van der Waals surface area contributed by atoms with E-state index in [1.807, 2.05) is 0 Å². The molecule has 3 rings (SSSR count). The molecule has 1 saturated heterocycles. The third-order valence-corrected chi connectivity index (χ3v) is 4.59. The van der Waals surface area contributed by atoms with Crippen molar-refractivity contribution in [2.45, 2.75) is 6.04 Å². The number of nitrogens with one attached hydrogen (secondary N) is 1. The number of ether oxygens (including phenoxy) is 3. The minimum atomic E-state index is -0.866. The average Bonchev–Trinajstić information content (AvgIpc) is 3.06. The molecule has 1 aliphatic heterocycles. The molecule has 0 spiro atoms. The van der Waals surface area contributed by atoms with Gasteiger partial charge in [-0.3, -0.25) is 9.59 Å². The zero-order chi connectivity index (χ0) is 21.1. The van der Waals surface area contributed by atoms with Crippen LogP contribution in [-0.4, -0.2) is 44.1 Å². The Morgan fingerprint density at radius 1 is 0.931 bits per heavy atom. The minimum absolute atomic E-state index is 0.0898. The lowest BCUT2D eigenvalue weighted by molar-refractivity contribution is -0.133. The van der Waals surface area contributed by atoms with Crippen molar-refractivity contribution in [3.05, 3.63) is 64.7 Å². The van der Waals surface area contributed by atoms with Gasteiger partial charge in [0.15, 0.2) is 11.5 Å². The molecule has 29 heavy (non-hydrogen) atoms. The van der Waals surface area contributed by atoms with E-state index in [-0.39, 0.29) is 11.3 Å². The molecule has 2 N–H and O–H groups in total. The van der Waals surface area contributed by atoms with Crippen molar-refractivity contribution in [2.24, 2.45) is 0 Å². The van der Waals surface area contributed by atoms with Crippen molar-refractivity contribution < 1.29 is 33.7 Å². The summed E-state index contributed by atoms with van der Waals surface area (Å²) in [4.78, 5) is 36.1. The quantitative estimate of drug-likeness (QED) is 0.344. The molecule has 1 fully saturated rings. The summed E-state index contributed by atoms with van der Waals surface area (Å²) in [6, 6.07) is 9.97. The van der Waals surface area contributed by atoms with E-state index < -0.39 is 23.7 Å². The van der Waals surface area contributed by atoms with Crippen LogP contribution in [0, 0.1) is 0 Å². The van der Waals surface area contributed by atoms with Gasteiger partial charge in [-0.25, -0.2) is 4.79 Å². The molecule has 0 bridgehead atoms. The maximum atomic E-state index is 12.4. The largest absolute Gasteiger partial charge is 0.507 e. The molecule has 0 saturated carbocycles. The molecule has 0 radical (unpaired) electrons. The van der Waals surface area contributed by atoms with Crippen LogP contribution in [0.3, 0.4) is 0 Å². The van der Waals surface area contributed by atoms with Gasteiger partial charge in [-0.15, -0.1) is 0 Å². The highest BCUT2D eigenvalue weighted by molar-refractivity contribution is 6.46. The molecule has 2 aromatic rings. The zero-order valence-electron chi connectivity index (χ0n) is 16.0. The highest BCUT2D eigenvalue weighted by Gasteiger charge is 2.39. The molecule has 8 heteroatoms. The average molecular weight is 397 g/mol. The van der Waals surface area contributed by atoms with E-state index >= 15 is 0 Å². The van der Waals surface area contributed by atoms with E-state index in [1.54, 1.807) is 24.3 Å². The number of hydrogen-bond donors (Lipinski definition) is 2. The van der Waals surface area contributed by atoms with Gasteiger partial charge in [0.05, 0.1) is 38.5 Å². The Morgan fingerprint density at radius 2 is 1.55 bits per heavy atom. The molecule has 1 aliphatic rings. The first kappa shape index (κ1) is 19.9. The molecule has 8 nitrogen and oxygen atoms in total.